The van der Waals surface area contributed by atoms with E-state index in [4.69, 9.17) is 16.3 Å². The van der Waals surface area contributed by atoms with E-state index in [1.165, 1.54) is 32.1 Å². The molecule has 5 aliphatic rings. The molecule has 216 valence electrons. The highest BCUT2D eigenvalue weighted by Crippen LogP contribution is 2.49. The van der Waals surface area contributed by atoms with E-state index < -0.39 is 26.0 Å². The van der Waals surface area contributed by atoms with E-state index in [-0.39, 0.29) is 36.1 Å². The first-order valence-corrected chi connectivity index (χ1v) is 18.4. The molecular formula is C25H38ClN2O7S3-. The molecule has 3 saturated carbocycles. The van der Waals surface area contributed by atoms with Crippen molar-refractivity contribution >= 4 is 48.6 Å². The molecule has 5 rings (SSSR count). The smallest absolute Gasteiger partial charge is 0.240 e. The van der Waals surface area contributed by atoms with Gasteiger partial charge in [0.05, 0.1) is 37.6 Å². The Kier molecular flexibility index (Phi) is 8.97. The van der Waals surface area contributed by atoms with Gasteiger partial charge in [0, 0.05) is 35.8 Å². The number of alkyl halides is 1. The Labute approximate surface area is 235 Å². The summed E-state index contributed by atoms with van der Waals surface area (Å²) < 4.78 is 76.6. The SMILES string of the molecule is O=S(=O)([O-])CCCN1C(=CC2=[N+](CCCS(=O)(=O)[O-])C3C(CCC4CCCCC43)S2)OC2CCC(Cl)CC21. The van der Waals surface area contributed by atoms with Gasteiger partial charge in [0.15, 0.2) is 11.9 Å². The van der Waals surface area contributed by atoms with Gasteiger partial charge in [-0.3, -0.25) is 0 Å². The first-order valence-electron chi connectivity index (χ1n) is 13.9. The van der Waals surface area contributed by atoms with E-state index in [2.05, 4.69) is 9.48 Å². The molecule has 13 heteroatoms. The summed E-state index contributed by atoms with van der Waals surface area (Å²) in [5.41, 5.74) is 0. The first kappa shape index (κ1) is 29.0. The van der Waals surface area contributed by atoms with Crippen LogP contribution in [0.15, 0.2) is 12.0 Å². The summed E-state index contributed by atoms with van der Waals surface area (Å²) in [6.07, 6.45) is 12.2. The van der Waals surface area contributed by atoms with Gasteiger partial charge in [-0.25, -0.2) is 21.4 Å². The van der Waals surface area contributed by atoms with Gasteiger partial charge < -0.3 is 18.7 Å². The fraction of sp³-hybridized carbons (Fsp3) is 0.880. The molecule has 1 saturated heterocycles. The Morgan fingerprint density at radius 3 is 2.50 bits per heavy atom. The quantitative estimate of drug-likeness (QED) is 0.220. The van der Waals surface area contributed by atoms with Gasteiger partial charge >= 0.3 is 0 Å². The molecule has 0 spiro atoms. The standard InChI is InChI=1S/C25H39ClN2O7S3/c26-18-8-9-21-20(15-18)27(11-3-13-37(29,30)31)23(35-21)16-24-28(12-4-14-38(32,33)34)25-19-6-2-1-5-17(19)7-10-22(25)36-24/h16-22,25H,1-15H2,(H-,29,30,31,32,33,34)/p-1. The van der Waals surface area contributed by atoms with Crippen LogP contribution in [0.3, 0.4) is 0 Å². The normalized spacial score (nSPS) is 36.7. The summed E-state index contributed by atoms with van der Waals surface area (Å²) in [4.78, 5) is 2.09. The Morgan fingerprint density at radius 1 is 1.00 bits per heavy atom. The molecule has 3 aliphatic carbocycles. The highest BCUT2D eigenvalue weighted by molar-refractivity contribution is 8.14. The maximum absolute atomic E-state index is 11.4. The number of ether oxygens (including phenoxy) is 1. The third-order valence-corrected chi connectivity index (χ3v) is 12.4. The Balaban J connectivity index is 1.45. The van der Waals surface area contributed by atoms with Gasteiger partial charge in [0.2, 0.25) is 5.04 Å². The fourth-order valence-corrected chi connectivity index (χ4v) is 10.3. The van der Waals surface area contributed by atoms with Crippen LogP contribution in [-0.2, 0) is 25.0 Å². The number of rotatable bonds is 9. The van der Waals surface area contributed by atoms with Crippen molar-refractivity contribution in [3.8, 4) is 0 Å². The average molecular weight is 610 g/mol. The van der Waals surface area contributed by atoms with Crippen LogP contribution < -0.4 is 0 Å². The molecule has 0 aromatic rings. The molecule has 0 N–H and O–H groups in total. The first-order chi connectivity index (χ1) is 18.0. The van der Waals surface area contributed by atoms with Gasteiger partial charge in [-0.15, -0.1) is 11.6 Å². The highest BCUT2D eigenvalue weighted by Gasteiger charge is 2.52. The summed E-state index contributed by atoms with van der Waals surface area (Å²) in [5.74, 6) is 1.14. The lowest BCUT2D eigenvalue weighted by atomic mass is 9.68. The molecule has 7 unspecified atom stereocenters. The monoisotopic (exact) mass is 609 g/mol. The van der Waals surface area contributed by atoms with Gasteiger partial charge in [0.1, 0.15) is 12.6 Å². The minimum Gasteiger partial charge on any atom is -0.748 e. The summed E-state index contributed by atoms with van der Waals surface area (Å²) in [7, 11) is -8.60. The second-order valence-corrected chi connectivity index (χ2v) is 16.4. The molecule has 0 aromatic carbocycles. The second-order valence-electron chi connectivity index (χ2n) is 11.5. The molecule has 2 aliphatic heterocycles. The van der Waals surface area contributed by atoms with Gasteiger partial charge in [-0.05, 0) is 69.0 Å². The Morgan fingerprint density at radius 2 is 1.74 bits per heavy atom. The van der Waals surface area contributed by atoms with Crippen LogP contribution >= 0.6 is 23.4 Å². The van der Waals surface area contributed by atoms with Crippen molar-refractivity contribution in [1.29, 1.82) is 0 Å². The van der Waals surface area contributed by atoms with Crippen LogP contribution in [0.5, 0.6) is 0 Å². The van der Waals surface area contributed by atoms with Crippen LogP contribution in [0.1, 0.15) is 70.6 Å². The van der Waals surface area contributed by atoms with Gasteiger partial charge in [-0.1, -0.05) is 12.8 Å². The average Bonchev–Trinajstić information content (AvgIpc) is 3.35. The van der Waals surface area contributed by atoms with E-state index in [9.17, 15) is 25.9 Å². The molecule has 0 aromatic heterocycles. The maximum Gasteiger partial charge on any atom is 0.240 e. The Bertz CT molecular complexity index is 1160. The molecule has 4 fully saturated rings. The zero-order valence-electron chi connectivity index (χ0n) is 21.6. The van der Waals surface area contributed by atoms with Crippen LogP contribution in [0, 0.1) is 11.8 Å². The van der Waals surface area contributed by atoms with E-state index in [1.54, 1.807) is 0 Å². The van der Waals surface area contributed by atoms with E-state index in [0.29, 0.717) is 42.1 Å². The fourth-order valence-electron chi connectivity index (χ4n) is 7.42. The van der Waals surface area contributed by atoms with Crippen LogP contribution in [0.25, 0.3) is 0 Å². The van der Waals surface area contributed by atoms with E-state index in [1.807, 2.05) is 17.8 Å². The van der Waals surface area contributed by atoms with Crippen molar-refractivity contribution < 1.29 is 35.3 Å². The number of fused-ring (bicyclic) bond motifs is 4. The molecule has 0 radical (unpaired) electrons. The van der Waals surface area contributed by atoms with E-state index in [0.717, 1.165) is 30.7 Å². The van der Waals surface area contributed by atoms with Crippen molar-refractivity contribution in [3.63, 3.8) is 0 Å². The van der Waals surface area contributed by atoms with Gasteiger partial charge in [-0.2, -0.15) is 0 Å². The largest absolute Gasteiger partial charge is 0.748 e. The number of nitrogens with zero attached hydrogens (tertiary/aromatic N) is 2. The van der Waals surface area contributed by atoms with Gasteiger partial charge in [0.25, 0.3) is 0 Å². The molecule has 7 atom stereocenters. The molecule has 2 heterocycles. The minimum atomic E-state index is -4.31. The number of halogens is 1. The predicted octanol–water partition coefficient (Wildman–Crippen LogP) is 3.05. The highest BCUT2D eigenvalue weighted by atomic mass is 35.5. The molecular weight excluding hydrogens is 572 g/mol. The lowest BCUT2D eigenvalue weighted by molar-refractivity contribution is -0.572. The van der Waals surface area contributed by atoms with Crippen LogP contribution in [-0.4, -0.2) is 93.9 Å². The molecule has 9 nitrogen and oxygen atoms in total. The zero-order chi connectivity index (χ0) is 27.1. The molecule has 0 bridgehead atoms. The summed E-state index contributed by atoms with van der Waals surface area (Å²) in [5, 5.41) is 1.47. The number of thioether (sulfide) groups is 1. The molecule has 0 amide bonds. The third kappa shape index (κ3) is 6.84. The summed E-state index contributed by atoms with van der Waals surface area (Å²) in [6.45, 7) is 0.894. The van der Waals surface area contributed by atoms with Crippen LogP contribution in [0.2, 0.25) is 0 Å². The lowest BCUT2D eigenvalue weighted by Crippen LogP contribution is -2.46. The summed E-state index contributed by atoms with van der Waals surface area (Å²) in [6, 6.07) is 0.345. The maximum atomic E-state index is 11.4. The summed E-state index contributed by atoms with van der Waals surface area (Å²) >= 11 is 8.33. The van der Waals surface area contributed by atoms with Crippen LogP contribution in [0.4, 0.5) is 0 Å². The third-order valence-electron chi connectivity index (χ3n) is 9.00. The number of hydrogen-bond acceptors (Lipinski definition) is 9. The van der Waals surface area contributed by atoms with Crippen molar-refractivity contribution in [3.05, 3.63) is 12.0 Å². The van der Waals surface area contributed by atoms with Crippen molar-refractivity contribution in [2.45, 2.75) is 99.4 Å². The van der Waals surface area contributed by atoms with E-state index >= 15 is 0 Å². The number of hydrogen-bond donors (Lipinski definition) is 0. The Hall–Kier alpha value is -0.530. The zero-order valence-corrected chi connectivity index (χ0v) is 24.8. The molecule has 38 heavy (non-hydrogen) atoms. The minimum absolute atomic E-state index is 0.0232. The van der Waals surface area contributed by atoms with Crippen molar-refractivity contribution in [2.75, 3.05) is 24.6 Å². The lowest BCUT2D eigenvalue weighted by Gasteiger charge is -2.40. The van der Waals surface area contributed by atoms with Crippen molar-refractivity contribution in [1.82, 2.24) is 4.90 Å². The topological polar surface area (TPSA) is 130 Å². The predicted molar refractivity (Wildman–Crippen MR) is 145 cm³/mol. The second kappa shape index (κ2) is 11.8. The van der Waals surface area contributed by atoms with Crippen molar-refractivity contribution in [2.24, 2.45) is 11.8 Å².